The molecule has 0 saturated carbocycles. The highest BCUT2D eigenvalue weighted by atomic mass is 79.9. The number of carbonyl (C=O) groups excluding carboxylic acids is 2. The van der Waals surface area contributed by atoms with Crippen molar-refractivity contribution >= 4 is 60.1 Å². The van der Waals surface area contributed by atoms with Gasteiger partial charge in [0, 0.05) is 29.3 Å². The molecule has 11 heteroatoms. The summed E-state index contributed by atoms with van der Waals surface area (Å²) in [5.74, 6) is -0.946. The lowest BCUT2D eigenvalue weighted by atomic mass is 10.3. The van der Waals surface area contributed by atoms with Crippen LogP contribution in [0.2, 0.25) is 5.02 Å². The molecule has 0 aliphatic rings. The van der Waals surface area contributed by atoms with Crippen LogP contribution in [-0.2, 0) is 19.5 Å². The number of nitrogens with one attached hydrogen (secondary N) is 1. The molecule has 0 aromatic heterocycles. The molecule has 2 rings (SSSR count). The van der Waals surface area contributed by atoms with Crippen molar-refractivity contribution in [3.05, 3.63) is 58.0 Å². The number of carbonyl (C=O) groups is 2. The summed E-state index contributed by atoms with van der Waals surface area (Å²) >= 11 is 9.02. The monoisotopic (exact) mass is 487 g/mol. The van der Waals surface area contributed by atoms with Gasteiger partial charge in [-0.3, -0.25) is 14.9 Å². The van der Waals surface area contributed by atoms with Crippen LogP contribution >= 0.6 is 27.5 Å². The zero-order valence-electron chi connectivity index (χ0n) is 14.7. The highest BCUT2D eigenvalue weighted by molar-refractivity contribution is 9.10. The van der Waals surface area contributed by atoms with E-state index in [1.54, 1.807) is 18.2 Å². The maximum Gasteiger partial charge on any atom is 0.437 e. The molecule has 0 unspecified atom stereocenters. The van der Waals surface area contributed by atoms with E-state index in [2.05, 4.69) is 31.2 Å². The van der Waals surface area contributed by atoms with Crippen molar-refractivity contribution in [2.45, 2.75) is 4.90 Å². The van der Waals surface area contributed by atoms with Crippen LogP contribution in [0.4, 0.5) is 10.5 Å². The molecular formula is C17H15BrClN3O5S. The lowest BCUT2D eigenvalue weighted by Crippen LogP contribution is -2.35. The SMILES string of the molecule is CN(C)C(=O)/C(=N/OC(=O)Nc1cccc(Cl)c1)S(=O)(=O)c1ccc(Br)cc1. The first kappa shape index (κ1) is 21.9. The molecule has 0 aliphatic carbocycles. The van der Waals surface area contributed by atoms with Gasteiger partial charge in [-0.2, -0.15) is 0 Å². The molecule has 0 bridgehead atoms. The number of anilines is 1. The summed E-state index contributed by atoms with van der Waals surface area (Å²) < 4.78 is 26.2. The number of benzene rings is 2. The predicted molar refractivity (Wildman–Crippen MR) is 109 cm³/mol. The summed E-state index contributed by atoms with van der Waals surface area (Å²) in [6.45, 7) is 0. The van der Waals surface area contributed by atoms with Gasteiger partial charge in [0.2, 0.25) is 9.84 Å². The van der Waals surface area contributed by atoms with Crippen molar-refractivity contribution in [3.63, 3.8) is 0 Å². The molecule has 8 nitrogen and oxygen atoms in total. The van der Waals surface area contributed by atoms with Crippen LogP contribution in [0.5, 0.6) is 0 Å². The maximum atomic E-state index is 12.8. The Morgan fingerprint density at radius 2 is 1.79 bits per heavy atom. The quantitative estimate of drug-likeness (QED) is 0.308. The molecule has 0 spiro atoms. The molecule has 2 amide bonds. The van der Waals surface area contributed by atoms with Crippen molar-refractivity contribution in [2.24, 2.45) is 5.16 Å². The minimum atomic E-state index is -4.33. The molecule has 2 aromatic rings. The number of nitrogens with zero attached hydrogens (tertiary/aromatic N) is 2. The van der Waals surface area contributed by atoms with E-state index >= 15 is 0 Å². The molecule has 0 fully saturated rings. The van der Waals surface area contributed by atoms with E-state index in [-0.39, 0.29) is 4.90 Å². The van der Waals surface area contributed by atoms with E-state index in [9.17, 15) is 18.0 Å². The average Bonchev–Trinajstić information content (AvgIpc) is 2.61. The molecule has 28 heavy (non-hydrogen) atoms. The Morgan fingerprint density at radius 3 is 2.36 bits per heavy atom. The van der Waals surface area contributed by atoms with Gasteiger partial charge in [-0.25, -0.2) is 13.2 Å². The van der Waals surface area contributed by atoms with Crippen molar-refractivity contribution in [1.82, 2.24) is 4.90 Å². The number of oxime groups is 1. The zero-order valence-corrected chi connectivity index (χ0v) is 17.9. The van der Waals surface area contributed by atoms with Crippen LogP contribution in [0.15, 0.2) is 63.1 Å². The Labute approximate surface area is 175 Å². The van der Waals surface area contributed by atoms with Crippen molar-refractivity contribution < 1.29 is 22.8 Å². The van der Waals surface area contributed by atoms with Crippen LogP contribution in [0.25, 0.3) is 0 Å². The molecule has 148 valence electrons. The minimum absolute atomic E-state index is 0.177. The highest BCUT2D eigenvalue weighted by Crippen LogP contribution is 2.18. The largest absolute Gasteiger partial charge is 0.437 e. The van der Waals surface area contributed by atoms with Gasteiger partial charge in [0.25, 0.3) is 11.0 Å². The number of amides is 2. The first-order chi connectivity index (χ1) is 13.1. The summed E-state index contributed by atoms with van der Waals surface area (Å²) in [5, 5.41) is 5.09. The van der Waals surface area contributed by atoms with Gasteiger partial charge in [0.05, 0.1) is 4.90 Å². The van der Waals surface area contributed by atoms with Gasteiger partial charge < -0.3 is 4.90 Å². The number of hydrogen-bond acceptors (Lipinski definition) is 6. The standard InChI is InChI=1S/C17H15BrClN3O5S/c1-22(2)16(23)15(28(25,26)14-8-6-11(18)7-9-14)21-27-17(24)20-13-5-3-4-12(19)10-13/h3-10H,1-2H3,(H,20,24)/b21-15-. The van der Waals surface area contributed by atoms with E-state index in [4.69, 9.17) is 11.6 Å². The van der Waals surface area contributed by atoms with Crippen molar-refractivity contribution in [2.75, 3.05) is 19.4 Å². The Bertz CT molecular complexity index is 1020. The number of sulfone groups is 1. The van der Waals surface area contributed by atoms with Gasteiger partial charge in [-0.05, 0) is 42.5 Å². The number of hydrogen-bond donors (Lipinski definition) is 1. The summed E-state index contributed by atoms with van der Waals surface area (Å²) in [4.78, 5) is 29.7. The van der Waals surface area contributed by atoms with Gasteiger partial charge in [0.1, 0.15) is 0 Å². The summed E-state index contributed by atoms with van der Waals surface area (Å²) in [6, 6.07) is 11.8. The third-order valence-electron chi connectivity index (χ3n) is 3.25. The van der Waals surface area contributed by atoms with Gasteiger partial charge >= 0.3 is 6.09 Å². The minimum Gasteiger partial charge on any atom is -0.343 e. The van der Waals surface area contributed by atoms with Crippen LogP contribution in [0.3, 0.4) is 0 Å². The second kappa shape index (κ2) is 9.18. The normalized spacial score (nSPS) is 11.6. The number of rotatable bonds is 3. The fourth-order valence-electron chi connectivity index (χ4n) is 1.91. The Morgan fingerprint density at radius 1 is 1.14 bits per heavy atom. The predicted octanol–water partition coefficient (Wildman–Crippen LogP) is 3.53. The first-order valence-electron chi connectivity index (χ1n) is 7.65. The fraction of sp³-hybridized carbons (Fsp3) is 0.118. The smallest absolute Gasteiger partial charge is 0.343 e. The summed E-state index contributed by atoms with van der Waals surface area (Å²) in [6.07, 6.45) is -1.09. The average molecular weight is 489 g/mol. The Balaban J connectivity index is 2.31. The topological polar surface area (TPSA) is 105 Å². The molecule has 1 N–H and O–H groups in total. The van der Waals surface area contributed by atoms with Crippen LogP contribution in [0, 0.1) is 0 Å². The number of halogens is 2. The van der Waals surface area contributed by atoms with Crippen molar-refractivity contribution in [1.29, 1.82) is 0 Å². The zero-order chi connectivity index (χ0) is 20.9. The molecule has 0 saturated heterocycles. The van der Waals surface area contributed by atoms with E-state index < -0.39 is 26.9 Å². The Kier molecular flexibility index (Phi) is 7.17. The fourth-order valence-corrected chi connectivity index (χ4v) is 3.63. The first-order valence-corrected chi connectivity index (χ1v) is 10.3. The molecular weight excluding hydrogens is 474 g/mol. The van der Waals surface area contributed by atoms with Crippen molar-refractivity contribution in [3.8, 4) is 0 Å². The molecule has 0 atom stereocenters. The van der Waals surface area contributed by atoms with E-state index in [0.717, 1.165) is 4.90 Å². The van der Waals surface area contributed by atoms with Crippen LogP contribution < -0.4 is 5.32 Å². The molecule has 0 aliphatic heterocycles. The molecule has 0 radical (unpaired) electrons. The van der Waals surface area contributed by atoms with E-state index in [1.165, 1.54) is 44.4 Å². The summed E-state index contributed by atoms with van der Waals surface area (Å²) in [5.41, 5.74) is 0.309. The van der Waals surface area contributed by atoms with Gasteiger partial charge in [-0.15, -0.1) is 0 Å². The van der Waals surface area contributed by atoms with Crippen LogP contribution in [0.1, 0.15) is 0 Å². The van der Waals surface area contributed by atoms with Gasteiger partial charge in [-0.1, -0.05) is 38.8 Å². The lowest BCUT2D eigenvalue weighted by molar-refractivity contribution is -0.121. The van der Waals surface area contributed by atoms with Crippen LogP contribution in [-0.4, -0.2) is 44.5 Å². The van der Waals surface area contributed by atoms with E-state index in [1.807, 2.05) is 0 Å². The lowest BCUT2D eigenvalue weighted by Gasteiger charge is -2.12. The second-order valence-corrected chi connectivity index (χ2v) is 8.78. The Hall–Kier alpha value is -2.43. The van der Waals surface area contributed by atoms with Gasteiger partial charge in [0.15, 0.2) is 0 Å². The molecule has 2 aromatic carbocycles. The second-order valence-electron chi connectivity index (χ2n) is 5.57. The summed E-state index contributed by atoms with van der Waals surface area (Å²) in [7, 11) is -1.63. The third-order valence-corrected chi connectivity index (χ3v) is 5.66. The highest BCUT2D eigenvalue weighted by Gasteiger charge is 2.32. The maximum absolute atomic E-state index is 12.8. The van der Waals surface area contributed by atoms with E-state index in [0.29, 0.717) is 15.2 Å². The molecule has 0 heterocycles. The third kappa shape index (κ3) is 5.54.